The molecule has 7 heteroatoms. The second kappa shape index (κ2) is 10.2. The van der Waals surface area contributed by atoms with Crippen molar-refractivity contribution in [2.45, 2.75) is 32.5 Å². The largest absolute Gasteiger partial charge is 0.497 e. The highest BCUT2D eigenvalue weighted by Crippen LogP contribution is 2.44. The van der Waals surface area contributed by atoms with Gasteiger partial charge in [0, 0.05) is 21.5 Å². The molecule has 1 aliphatic rings. The minimum absolute atomic E-state index is 0.0523. The monoisotopic (exact) mass is 496 g/mol. The van der Waals surface area contributed by atoms with Crippen LogP contribution >= 0.6 is 23.2 Å². The Balaban J connectivity index is 1.94. The summed E-state index contributed by atoms with van der Waals surface area (Å²) < 4.78 is 5.45. The van der Waals surface area contributed by atoms with Gasteiger partial charge in [0.2, 0.25) is 5.91 Å². The number of hydrogen-bond acceptors (Lipinski definition) is 4. The fourth-order valence-electron chi connectivity index (χ4n) is 4.18. The number of rotatable bonds is 6. The van der Waals surface area contributed by atoms with Crippen LogP contribution in [-0.4, -0.2) is 28.9 Å². The highest BCUT2D eigenvalue weighted by Gasteiger charge is 2.42. The maximum absolute atomic E-state index is 13.6. The second-order valence-electron chi connectivity index (χ2n) is 8.54. The fourth-order valence-corrected chi connectivity index (χ4v) is 4.43. The van der Waals surface area contributed by atoms with Crippen LogP contribution in [0.3, 0.4) is 0 Å². The van der Waals surface area contributed by atoms with Crippen molar-refractivity contribution in [2.24, 2.45) is 10.9 Å². The van der Waals surface area contributed by atoms with Gasteiger partial charge in [-0.2, -0.15) is 0 Å². The van der Waals surface area contributed by atoms with E-state index in [0.29, 0.717) is 32.8 Å². The number of aliphatic hydroxyl groups is 1. The summed E-state index contributed by atoms with van der Waals surface area (Å²) in [6.45, 7) is 3.59. The molecule has 0 saturated carbocycles. The number of hydrogen-bond donors (Lipinski definition) is 1. The molecule has 0 aromatic heterocycles. The van der Waals surface area contributed by atoms with E-state index in [1.807, 2.05) is 74.5 Å². The Morgan fingerprint density at radius 3 is 2.12 bits per heavy atom. The van der Waals surface area contributed by atoms with Crippen molar-refractivity contribution < 1.29 is 14.6 Å². The lowest BCUT2D eigenvalue weighted by atomic mass is 9.93. The lowest BCUT2D eigenvalue weighted by Crippen LogP contribution is -2.40. The predicted octanol–water partition coefficient (Wildman–Crippen LogP) is 6.22. The predicted molar refractivity (Wildman–Crippen MR) is 136 cm³/mol. The van der Waals surface area contributed by atoms with Crippen LogP contribution in [0.2, 0.25) is 10.0 Å². The number of amidine groups is 1. The Morgan fingerprint density at radius 2 is 1.59 bits per heavy atom. The van der Waals surface area contributed by atoms with Crippen molar-refractivity contribution in [3.05, 3.63) is 99.0 Å². The number of carbonyl (C=O) groups excluding carboxylic acids is 1. The van der Waals surface area contributed by atoms with E-state index in [-0.39, 0.29) is 30.5 Å². The van der Waals surface area contributed by atoms with Crippen LogP contribution in [0, 0.1) is 5.92 Å². The fraction of sp³-hybridized carbons (Fsp3) is 0.259. The molecule has 2 unspecified atom stereocenters. The first kappa shape index (κ1) is 24.3. The Kier molecular flexibility index (Phi) is 7.27. The minimum atomic E-state index is -0.382. The van der Waals surface area contributed by atoms with Gasteiger partial charge in [-0.15, -0.1) is 0 Å². The number of ether oxygens (including phenoxy) is 1. The molecule has 1 aliphatic heterocycles. The Bertz CT molecular complexity index is 1190. The van der Waals surface area contributed by atoms with Gasteiger partial charge in [-0.25, -0.2) is 0 Å². The summed E-state index contributed by atoms with van der Waals surface area (Å²) in [4.78, 5) is 20.5. The quantitative estimate of drug-likeness (QED) is 0.440. The molecule has 4 rings (SSSR count). The van der Waals surface area contributed by atoms with E-state index in [1.165, 1.54) is 0 Å². The van der Waals surface area contributed by atoms with E-state index in [1.54, 1.807) is 18.1 Å². The molecule has 0 fully saturated rings. The topological polar surface area (TPSA) is 62.1 Å². The van der Waals surface area contributed by atoms with Crippen LogP contribution in [0.1, 0.15) is 48.2 Å². The van der Waals surface area contributed by atoms with E-state index in [4.69, 9.17) is 32.9 Å². The minimum Gasteiger partial charge on any atom is -0.497 e. The van der Waals surface area contributed by atoms with E-state index >= 15 is 0 Å². The molecule has 0 radical (unpaired) electrons. The van der Waals surface area contributed by atoms with Crippen LogP contribution in [0.25, 0.3) is 0 Å². The Morgan fingerprint density at radius 1 is 1.00 bits per heavy atom. The molecule has 34 heavy (non-hydrogen) atoms. The first-order chi connectivity index (χ1) is 16.3. The van der Waals surface area contributed by atoms with Gasteiger partial charge in [0.25, 0.3) is 0 Å². The molecule has 0 saturated heterocycles. The van der Waals surface area contributed by atoms with E-state index in [2.05, 4.69) is 0 Å². The molecule has 0 spiro atoms. The van der Waals surface area contributed by atoms with E-state index in [9.17, 15) is 9.90 Å². The molecule has 3 aromatic carbocycles. The smallest absolute Gasteiger partial charge is 0.231 e. The third-order valence-electron chi connectivity index (χ3n) is 5.86. The van der Waals surface area contributed by atoms with Gasteiger partial charge < -0.3 is 9.84 Å². The zero-order valence-corrected chi connectivity index (χ0v) is 20.7. The van der Waals surface area contributed by atoms with Gasteiger partial charge in [-0.3, -0.25) is 14.7 Å². The van der Waals surface area contributed by atoms with Gasteiger partial charge >= 0.3 is 0 Å². The maximum Gasteiger partial charge on any atom is 0.231 e. The molecule has 2 atom stereocenters. The molecule has 0 bridgehead atoms. The molecule has 176 valence electrons. The third kappa shape index (κ3) is 4.83. The Hall–Kier alpha value is -2.86. The van der Waals surface area contributed by atoms with Crippen LogP contribution in [-0.2, 0) is 11.4 Å². The van der Waals surface area contributed by atoms with Crippen LogP contribution in [0.5, 0.6) is 5.75 Å². The number of carbonyl (C=O) groups is 1. The highest BCUT2D eigenvalue weighted by atomic mass is 35.5. The molecule has 3 aromatic rings. The van der Waals surface area contributed by atoms with E-state index in [0.717, 1.165) is 11.1 Å². The summed E-state index contributed by atoms with van der Waals surface area (Å²) in [7, 11) is 1.57. The van der Waals surface area contributed by atoms with Crippen LogP contribution in [0.4, 0.5) is 0 Å². The maximum atomic E-state index is 13.6. The number of amides is 1. The number of nitrogens with zero attached hydrogens (tertiary/aromatic N) is 2. The highest BCUT2D eigenvalue weighted by molar-refractivity contribution is 6.30. The van der Waals surface area contributed by atoms with Gasteiger partial charge in [-0.1, -0.05) is 61.3 Å². The molecular weight excluding hydrogens is 471 g/mol. The number of methoxy groups -OCH3 is 1. The molecule has 1 amide bonds. The molecule has 1 N–H and O–H groups in total. The molecule has 5 nitrogen and oxygen atoms in total. The number of halogens is 2. The van der Waals surface area contributed by atoms with Gasteiger partial charge in [0.1, 0.15) is 17.6 Å². The van der Waals surface area contributed by atoms with Crippen molar-refractivity contribution >= 4 is 34.9 Å². The Labute approximate surface area is 209 Å². The van der Waals surface area contributed by atoms with Crippen molar-refractivity contribution in [1.82, 2.24) is 4.90 Å². The zero-order valence-electron chi connectivity index (χ0n) is 19.2. The van der Waals surface area contributed by atoms with Gasteiger partial charge in [0.15, 0.2) is 0 Å². The normalized spacial score (nSPS) is 17.7. The number of benzene rings is 3. The van der Waals surface area contributed by atoms with Crippen LogP contribution < -0.4 is 4.74 Å². The van der Waals surface area contributed by atoms with Crippen molar-refractivity contribution in [1.29, 1.82) is 0 Å². The first-order valence-electron chi connectivity index (χ1n) is 11.0. The van der Waals surface area contributed by atoms with Crippen molar-refractivity contribution in [2.75, 3.05) is 7.11 Å². The zero-order chi connectivity index (χ0) is 24.4. The van der Waals surface area contributed by atoms with Crippen LogP contribution in [0.15, 0.2) is 71.7 Å². The summed E-state index contributed by atoms with van der Waals surface area (Å²) in [6, 6.07) is 19.7. The lowest BCUT2D eigenvalue weighted by Gasteiger charge is -2.31. The lowest BCUT2D eigenvalue weighted by molar-refractivity contribution is -0.132. The summed E-state index contributed by atoms with van der Waals surface area (Å²) in [5, 5.41) is 11.0. The molecule has 0 aliphatic carbocycles. The van der Waals surface area contributed by atoms with E-state index < -0.39 is 0 Å². The molecular formula is C27H26Cl2N2O3. The van der Waals surface area contributed by atoms with Crippen molar-refractivity contribution in [3.8, 4) is 5.75 Å². The van der Waals surface area contributed by atoms with Crippen molar-refractivity contribution in [3.63, 3.8) is 0 Å². The summed E-state index contributed by atoms with van der Waals surface area (Å²) >= 11 is 12.3. The number of aliphatic imine (C=N–C) groups is 1. The number of aliphatic hydroxyl groups excluding tert-OH is 1. The summed E-state index contributed by atoms with van der Waals surface area (Å²) in [6.07, 6.45) is 0. The first-order valence-corrected chi connectivity index (χ1v) is 11.8. The van der Waals surface area contributed by atoms with Gasteiger partial charge in [0.05, 0.1) is 19.8 Å². The summed E-state index contributed by atoms with van der Waals surface area (Å²) in [5.41, 5.74) is 3.23. The SMILES string of the molecule is COc1cc(CO)cc(C2=NC(c3ccc(Cl)cc3)C(c3ccc(Cl)cc3)N2C(=O)C(C)C)c1. The van der Waals surface area contributed by atoms with Gasteiger partial charge in [-0.05, 0) is 59.2 Å². The standard InChI is InChI=1S/C27H26Cl2N2O3/c1-16(2)27(33)31-25(19-6-10-22(29)11-7-19)24(18-4-8-21(28)9-5-18)30-26(31)20-12-17(15-32)13-23(14-20)34-3/h4-14,16,24-25,32H,15H2,1-3H3. The molecule has 1 heterocycles. The third-order valence-corrected chi connectivity index (χ3v) is 6.37. The summed E-state index contributed by atoms with van der Waals surface area (Å²) in [5.74, 6) is 0.807. The second-order valence-corrected chi connectivity index (χ2v) is 9.41. The average Bonchev–Trinajstić information content (AvgIpc) is 3.24. The average molecular weight is 497 g/mol.